The van der Waals surface area contributed by atoms with E-state index in [0.29, 0.717) is 17.4 Å². The summed E-state index contributed by atoms with van der Waals surface area (Å²) >= 11 is 0. The Hall–Kier alpha value is -3.16. The number of nitrogens with zero attached hydrogens (tertiary/aromatic N) is 4. The van der Waals surface area contributed by atoms with E-state index in [1.807, 2.05) is 19.2 Å². The maximum atomic E-state index is 11.9. The van der Waals surface area contributed by atoms with Crippen LogP contribution >= 0.6 is 0 Å². The van der Waals surface area contributed by atoms with Crippen LogP contribution in [-0.4, -0.2) is 32.8 Å². The van der Waals surface area contributed by atoms with Crippen LogP contribution in [0.2, 0.25) is 0 Å². The molecule has 1 aliphatic carbocycles. The molecule has 4 rings (SSSR count). The number of amides is 1. The molecule has 0 aliphatic heterocycles. The smallest absolute Gasteiger partial charge is 0.228 e. The van der Waals surface area contributed by atoms with Gasteiger partial charge < -0.3 is 15.4 Å². The molecule has 1 amide bonds. The molecule has 0 atom stereocenters. The van der Waals surface area contributed by atoms with E-state index in [4.69, 9.17) is 4.74 Å². The standard InChI is InChI=1S/C17H18N6O2/c1-23-13-6-14(25-2)12(5-11(13)8-20-23)21-15-7-16(19-9-18-15)22-17(24)10-3-4-10/h5-10H,3-4H2,1-2H3,(H2,18,19,21,22,24). The van der Waals surface area contributed by atoms with E-state index in [1.54, 1.807) is 24.1 Å². The van der Waals surface area contributed by atoms with Crippen molar-refractivity contribution in [1.82, 2.24) is 19.7 Å². The van der Waals surface area contributed by atoms with E-state index in [0.717, 1.165) is 29.4 Å². The van der Waals surface area contributed by atoms with Gasteiger partial charge >= 0.3 is 0 Å². The molecular formula is C17H18N6O2. The van der Waals surface area contributed by atoms with Gasteiger partial charge in [0.1, 0.15) is 23.7 Å². The molecule has 2 N–H and O–H groups in total. The fraction of sp³-hybridized carbons (Fsp3) is 0.294. The van der Waals surface area contributed by atoms with Crippen LogP contribution in [0.15, 0.2) is 30.7 Å². The molecule has 0 unspecified atom stereocenters. The Morgan fingerprint density at radius 2 is 2.04 bits per heavy atom. The molecule has 0 saturated heterocycles. The SMILES string of the molecule is COc1cc2c(cnn2C)cc1Nc1cc(NC(=O)C2CC2)ncn1. The normalized spacial score (nSPS) is 13.7. The summed E-state index contributed by atoms with van der Waals surface area (Å²) in [6.07, 6.45) is 5.11. The van der Waals surface area contributed by atoms with Crippen molar-refractivity contribution in [3.05, 3.63) is 30.7 Å². The van der Waals surface area contributed by atoms with Gasteiger partial charge in [0, 0.05) is 30.5 Å². The third kappa shape index (κ3) is 3.10. The minimum Gasteiger partial charge on any atom is -0.494 e. The second-order valence-electron chi connectivity index (χ2n) is 6.06. The topological polar surface area (TPSA) is 94.0 Å². The Morgan fingerprint density at radius 3 is 2.80 bits per heavy atom. The maximum absolute atomic E-state index is 11.9. The molecular weight excluding hydrogens is 320 g/mol. The predicted molar refractivity (Wildman–Crippen MR) is 93.9 cm³/mol. The van der Waals surface area contributed by atoms with Crippen LogP contribution in [0, 0.1) is 5.92 Å². The lowest BCUT2D eigenvalue weighted by Gasteiger charge is -2.12. The number of hydrogen-bond donors (Lipinski definition) is 2. The van der Waals surface area contributed by atoms with Crippen molar-refractivity contribution >= 4 is 34.1 Å². The van der Waals surface area contributed by atoms with Crippen LogP contribution in [0.3, 0.4) is 0 Å². The fourth-order valence-corrected chi connectivity index (χ4v) is 2.65. The number of aromatic nitrogens is 4. The van der Waals surface area contributed by atoms with Crippen molar-refractivity contribution in [2.45, 2.75) is 12.8 Å². The Bertz CT molecular complexity index is 947. The van der Waals surface area contributed by atoms with E-state index in [1.165, 1.54) is 6.33 Å². The molecule has 1 aliphatic rings. The first-order valence-electron chi connectivity index (χ1n) is 8.04. The number of benzene rings is 1. The van der Waals surface area contributed by atoms with Crippen LogP contribution < -0.4 is 15.4 Å². The Kier molecular flexibility index (Phi) is 3.72. The van der Waals surface area contributed by atoms with E-state index in [9.17, 15) is 4.79 Å². The quantitative estimate of drug-likeness (QED) is 0.742. The average Bonchev–Trinajstić information content (AvgIpc) is 3.40. The van der Waals surface area contributed by atoms with E-state index < -0.39 is 0 Å². The molecule has 0 spiro atoms. The number of ether oxygens (including phenoxy) is 1. The summed E-state index contributed by atoms with van der Waals surface area (Å²) < 4.78 is 7.26. The van der Waals surface area contributed by atoms with Crippen LogP contribution in [-0.2, 0) is 11.8 Å². The highest BCUT2D eigenvalue weighted by Crippen LogP contribution is 2.33. The number of anilines is 3. The van der Waals surface area contributed by atoms with Crippen LogP contribution in [0.1, 0.15) is 12.8 Å². The number of methoxy groups -OCH3 is 1. The lowest BCUT2D eigenvalue weighted by Crippen LogP contribution is -2.14. The first-order valence-corrected chi connectivity index (χ1v) is 8.04. The molecule has 8 heteroatoms. The monoisotopic (exact) mass is 338 g/mol. The van der Waals surface area contributed by atoms with Gasteiger partial charge in [-0.1, -0.05) is 0 Å². The molecule has 0 bridgehead atoms. The summed E-state index contributed by atoms with van der Waals surface area (Å²) in [5.74, 6) is 1.87. The summed E-state index contributed by atoms with van der Waals surface area (Å²) in [6, 6.07) is 5.57. The van der Waals surface area contributed by atoms with Crippen LogP contribution in [0.4, 0.5) is 17.3 Å². The molecule has 128 valence electrons. The lowest BCUT2D eigenvalue weighted by atomic mass is 10.2. The molecule has 8 nitrogen and oxygen atoms in total. The number of carbonyl (C=O) groups is 1. The Balaban J connectivity index is 1.60. The highest BCUT2D eigenvalue weighted by Gasteiger charge is 2.29. The second-order valence-corrected chi connectivity index (χ2v) is 6.06. The number of aryl methyl sites for hydroxylation is 1. The highest BCUT2D eigenvalue weighted by molar-refractivity contribution is 5.93. The molecule has 1 fully saturated rings. The summed E-state index contributed by atoms with van der Waals surface area (Å²) in [5, 5.41) is 11.3. The predicted octanol–water partition coefficient (Wildman–Crippen LogP) is 2.46. The summed E-state index contributed by atoms with van der Waals surface area (Å²) in [7, 11) is 3.50. The molecule has 1 saturated carbocycles. The average molecular weight is 338 g/mol. The van der Waals surface area contributed by atoms with Gasteiger partial charge in [0.05, 0.1) is 24.5 Å². The largest absolute Gasteiger partial charge is 0.494 e. The number of carbonyl (C=O) groups excluding carboxylic acids is 1. The number of fused-ring (bicyclic) bond motifs is 1. The number of nitrogens with one attached hydrogen (secondary N) is 2. The zero-order chi connectivity index (χ0) is 17.4. The van der Waals surface area contributed by atoms with Crippen LogP contribution in [0.5, 0.6) is 5.75 Å². The zero-order valence-corrected chi connectivity index (χ0v) is 14.0. The van der Waals surface area contributed by atoms with Gasteiger partial charge in [-0.3, -0.25) is 9.48 Å². The number of hydrogen-bond acceptors (Lipinski definition) is 6. The van der Waals surface area contributed by atoms with Gasteiger partial charge in [0.25, 0.3) is 0 Å². The summed E-state index contributed by atoms with van der Waals surface area (Å²) in [5.41, 5.74) is 1.74. The molecule has 3 aromatic rings. The van der Waals surface area contributed by atoms with Gasteiger partial charge in [0.15, 0.2) is 0 Å². The van der Waals surface area contributed by atoms with E-state index in [2.05, 4.69) is 25.7 Å². The first-order chi connectivity index (χ1) is 12.1. The zero-order valence-electron chi connectivity index (χ0n) is 14.0. The van der Waals surface area contributed by atoms with Crippen molar-refractivity contribution < 1.29 is 9.53 Å². The maximum Gasteiger partial charge on any atom is 0.228 e. The summed E-state index contributed by atoms with van der Waals surface area (Å²) in [4.78, 5) is 20.2. The van der Waals surface area contributed by atoms with Crippen LogP contribution in [0.25, 0.3) is 10.9 Å². The van der Waals surface area contributed by atoms with Crippen molar-refractivity contribution in [2.24, 2.45) is 13.0 Å². The van der Waals surface area contributed by atoms with Gasteiger partial charge in [0.2, 0.25) is 5.91 Å². The van der Waals surface area contributed by atoms with Crippen molar-refractivity contribution in [2.75, 3.05) is 17.7 Å². The third-order valence-electron chi connectivity index (χ3n) is 4.20. The molecule has 1 aromatic carbocycles. The lowest BCUT2D eigenvalue weighted by molar-refractivity contribution is -0.117. The molecule has 0 radical (unpaired) electrons. The van der Waals surface area contributed by atoms with Gasteiger partial charge in [-0.15, -0.1) is 0 Å². The van der Waals surface area contributed by atoms with Gasteiger partial charge in [-0.05, 0) is 18.9 Å². The van der Waals surface area contributed by atoms with Crippen molar-refractivity contribution in [3.63, 3.8) is 0 Å². The first kappa shape index (κ1) is 15.4. The summed E-state index contributed by atoms with van der Waals surface area (Å²) in [6.45, 7) is 0. The third-order valence-corrected chi connectivity index (χ3v) is 4.20. The minimum absolute atomic E-state index is 0.0130. The molecule has 2 aromatic heterocycles. The van der Waals surface area contributed by atoms with Gasteiger partial charge in [-0.25, -0.2) is 9.97 Å². The van der Waals surface area contributed by atoms with Gasteiger partial charge in [-0.2, -0.15) is 5.10 Å². The Labute approximate surface area is 144 Å². The molecule has 2 heterocycles. The highest BCUT2D eigenvalue weighted by atomic mass is 16.5. The number of rotatable bonds is 5. The second kappa shape index (κ2) is 6.04. The minimum atomic E-state index is 0.0130. The molecule has 25 heavy (non-hydrogen) atoms. The van der Waals surface area contributed by atoms with E-state index >= 15 is 0 Å². The fourth-order valence-electron chi connectivity index (χ4n) is 2.65. The Morgan fingerprint density at radius 1 is 1.24 bits per heavy atom. The van der Waals surface area contributed by atoms with Crippen molar-refractivity contribution in [1.29, 1.82) is 0 Å². The van der Waals surface area contributed by atoms with E-state index in [-0.39, 0.29) is 11.8 Å². The van der Waals surface area contributed by atoms with Crippen molar-refractivity contribution in [3.8, 4) is 5.75 Å².